The fourth-order valence-electron chi connectivity index (χ4n) is 0.946. The Hall–Kier alpha value is -1.86. The van der Waals surface area contributed by atoms with E-state index >= 15 is 0 Å². The largest absolute Gasteiger partial charge is 0.365 e. The number of benzene rings is 1. The summed E-state index contributed by atoms with van der Waals surface area (Å²) in [6.07, 6.45) is 1.06. The SMILES string of the molecule is N#CC(=Cc1cccc(Cl)c1F)C(N)=O. The zero-order valence-electron chi connectivity index (χ0n) is 7.50. The average Bonchev–Trinajstić information content (AvgIpc) is 2.19. The third-order valence-corrected chi connectivity index (χ3v) is 1.96. The number of primary amides is 1. The molecular weight excluding hydrogens is 219 g/mol. The van der Waals surface area contributed by atoms with Crippen molar-refractivity contribution < 1.29 is 9.18 Å². The van der Waals surface area contributed by atoms with E-state index < -0.39 is 11.7 Å². The van der Waals surface area contributed by atoms with Crippen LogP contribution in [0.5, 0.6) is 0 Å². The monoisotopic (exact) mass is 224 g/mol. The topological polar surface area (TPSA) is 66.9 Å². The molecule has 0 aliphatic heterocycles. The molecule has 1 rings (SSSR count). The lowest BCUT2D eigenvalue weighted by molar-refractivity contribution is -0.114. The molecule has 0 radical (unpaired) electrons. The molecule has 1 aromatic rings. The number of halogens is 2. The summed E-state index contributed by atoms with van der Waals surface area (Å²) in [5.41, 5.74) is 4.63. The van der Waals surface area contributed by atoms with Gasteiger partial charge in [-0.1, -0.05) is 23.7 Å². The number of nitriles is 1. The highest BCUT2D eigenvalue weighted by Gasteiger charge is 2.08. The Morgan fingerprint density at radius 2 is 2.27 bits per heavy atom. The van der Waals surface area contributed by atoms with Gasteiger partial charge in [0.2, 0.25) is 0 Å². The molecule has 0 unspecified atom stereocenters. The van der Waals surface area contributed by atoms with Gasteiger partial charge in [-0.2, -0.15) is 5.26 Å². The van der Waals surface area contributed by atoms with Crippen molar-refractivity contribution in [1.82, 2.24) is 0 Å². The number of carbonyl (C=O) groups excluding carboxylic acids is 1. The summed E-state index contributed by atoms with van der Waals surface area (Å²) in [6, 6.07) is 5.84. The van der Waals surface area contributed by atoms with Crippen LogP contribution in [0.3, 0.4) is 0 Å². The molecule has 0 heterocycles. The Labute approximate surface area is 90.6 Å². The number of carbonyl (C=O) groups is 1. The fourth-order valence-corrected chi connectivity index (χ4v) is 1.13. The summed E-state index contributed by atoms with van der Waals surface area (Å²) >= 11 is 5.52. The molecule has 2 N–H and O–H groups in total. The molecule has 0 saturated heterocycles. The van der Waals surface area contributed by atoms with Crippen molar-refractivity contribution in [2.75, 3.05) is 0 Å². The number of hydrogen-bond donors (Lipinski definition) is 1. The van der Waals surface area contributed by atoms with Gasteiger partial charge in [0.15, 0.2) is 0 Å². The van der Waals surface area contributed by atoms with Crippen molar-refractivity contribution in [2.24, 2.45) is 5.73 Å². The highest BCUT2D eigenvalue weighted by molar-refractivity contribution is 6.30. The van der Waals surface area contributed by atoms with Crippen LogP contribution in [0.4, 0.5) is 4.39 Å². The first kappa shape index (κ1) is 11.2. The van der Waals surface area contributed by atoms with Crippen LogP contribution < -0.4 is 5.73 Å². The van der Waals surface area contributed by atoms with Crippen LogP contribution >= 0.6 is 11.6 Å². The zero-order valence-corrected chi connectivity index (χ0v) is 8.25. The molecule has 0 atom stereocenters. The van der Waals surface area contributed by atoms with Crippen molar-refractivity contribution in [3.05, 3.63) is 40.2 Å². The third kappa shape index (κ3) is 2.55. The number of amides is 1. The first-order chi connectivity index (χ1) is 7.06. The molecule has 0 aliphatic carbocycles. The van der Waals surface area contributed by atoms with Crippen molar-refractivity contribution >= 4 is 23.6 Å². The van der Waals surface area contributed by atoms with Gasteiger partial charge in [-0.05, 0) is 12.1 Å². The molecule has 0 aromatic heterocycles. The van der Waals surface area contributed by atoms with Crippen molar-refractivity contribution in [2.45, 2.75) is 0 Å². The minimum atomic E-state index is -0.906. The van der Waals surface area contributed by atoms with E-state index in [0.29, 0.717) is 0 Å². The summed E-state index contributed by atoms with van der Waals surface area (Å²) in [5.74, 6) is -1.59. The van der Waals surface area contributed by atoms with Gasteiger partial charge in [0.05, 0.1) is 5.02 Å². The zero-order chi connectivity index (χ0) is 11.4. The van der Waals surface area contributed by atoms with Crippen LogP contribution in [-0.4, -0.2) is 5.91 Å². The summed E-state index contributed by atoms with van der Waals surface area (Å²) in [6.45, 7) is 0. The molecule has 0 saturated carbocycles. The molecule has 0 fully saturated rings. The normalized spacial score (nSPS) is 10.9. The van der Waals surface area contributed by atoms with Crippen molar-refractivity contribution in [3.63, 3.8) is 0 Å². The molecule has 0 bridgehead atoms. The van der Waals surface area contributed by atoms with Crippen LogP contribution in [0.1, 0.15) is 5.56 Å². The number of rotatable bonds is 2. The minimum absolute atomic E-state index is 0.0536. The summed E-state index contributed by atoms with van der Waals surface area (Å²) in [5, 5.41) is 8.47. The van der Waals surface area contributed by atoms with Crippen molar-refractivity contribution in [1.29, 1.82) is 5.26 Å². The maximum atomic E-state index is 13.3. The molecule has 0 aliphatic rings. The van der Waals surface area contributed by atoms with E-state index in [1.807, 2.05) is 0 Å². The highest BCUT2D eigenvalue weighted by atomic mass is 35.5. The number of nitrogens with zero attached hydrogens (tertiary/aromatic N) is 1. The summed E-state index contributed by atoms with van der Waals surface area (Å²) < 4.78 is 13.3. The van der Waals surface area contributed by atoms with E-state index in [4.69, 9.17) is 22.6 Å². The van der Waals surface area contributed by atoms with Crippen molar-refractivity contribution in [3.8, 4) is 6.07 Å². The van der Waals surface area contributed by atoms with Gasteiger partial charge in [0, 0.05) is 5.56 Å². The lowest BCUT2D eigenvalue weighted by Crippen LogP contribution is -2.12. The number of nitrogens with two attached hydrogens (primary N) is 1. The van der Waals surface area contributed by atoms with E-state index in [0.717, 1.165) is 6.08 Å². The Kier molecular flexibility index (Phi) is 3.42. The van der Waals surface area contributed by atoms with Gasteiger partial charge in [-0.25, -0.2) is 4.39 Å². The smallest absolute Gasteiger partial charge is 0.259 e. The molecule has 76 valence electrons. The molecule has 15 heavy (non-hydrogen) atoms. The van der Waals surface area contributed by atoms with Gasteiger partial charge in [-0.3, -0.25) is 4.79 Å². The van der Waals surface area contributed by atoms with Gasteiger partial charge in [0.1, 0.15) is 17.5 Å². The third-order valence-electron chi connectivity index (χ3n) is 1.67. The van der Waals surface area contributed by atoms with Crippen LogP contribution in [0.15, 0.2) is 23.8 Å². The quantitative estimate of drug-likeness (QED) is 0.616. The highest BCUT2D eigenvalue weighted by Crippen LogP contribution is 2.19. The van der Waals surface area contributed by atoms with E-state index in [1.54, 1.807) is 6.07 Å². The van der Waals surface area contributed by atoms with Gasteiger partial charge >= 0.3 is 0 Å². The average molecular weight is 225 g/mol. The van der Waals surface area contributed by atoms with Crippen LogP contribution in [0.25, 0.3) is 6.08 Å². The predicted molar refractivity (Wildman–Crippen MR) is 54.2 cm³/mol. The van der Waals surface area contributed by atoms with Gasteiger partial charge in [0.25, 0.3) is 5.91 Å². The minimum Gasteiger partial charge on any atom is -0.365 e. The van der Waals surface area contributed by atoms with Crippen LogP contribution in [-0.2, 0) is 4.79 Å². The van der Waals surface area contributed by atoms with Crippen LogP contribution in [0.2, 0.25) is 5.02 Å². The van der Waals surface area contributed by atoms with E-state index in [9.17, 15) is 9.18 Å². The Bertz CT molecular complexity index is 477. The maximum absolute atomic E-state index is 13.3. The lowest BCUT2D eigenvalue weighted by Gasteiger charge is -1.98. The summed E-state index contributed by atoms with van der Waals surface area (Å²) in [4.78, 5) is 10.7. The Morgan fingerprint density at radius 3 is 2.80 bits per heavy atom. The Balaban J connectivity index is 3.25. The second kappa shape index (κ2) is 4.58. The molecular formula is C10H6ClFN2O. The standard InChI is InChI=1S/C10H6ClFN2O/c11-8-3-1-2-6(9(8)12)4-7(5-13)10(14)15/h1-4H,(H2,14,15). The number of hydrogen-bond acceptors (Lipinski definition) is 2. The summed E-state index contributed by atoms with van der Waals surface area (Å²) in [7, 11) is 0. The lowest BCUT2D eigenvalue weighted by atomic mass is 10.1. The van der Waals surface area contributed by atoms with E-state index in [1.165, 1.54) is 18.2 Å². The van der Waals surface area contributed by atoms with E-state index in [-0.39, 0.29) is 16.2 Å². The van der Waals surface area contributed by atoms with Gasteiger partial charge in [-0.15, -0.1) is 0 Å². The second-order valence-electron chi connectivity index (χ2n) is 2.68. The molecule has 3 nitrogen and oxygen atoms in total. The van der Waals surface area contributed by atoms with Gasteiger partial charge < -0.3 is 5.73 Å². The fraction of sp³-hybridized carbons (Fsp3) is 0. The first-order valence-corrected chi connectivity index (χ1v) is 4.29. The van der Waals surface area contributed by atoms with E-state index in [2.05, 4.69) is 0 Å². The molecule has 0 spiro atoms. The van der Waals surface area contributed by atoms with Crippen LogP contribution in [0, 0.1) is 17.1 Å². The molecule has 5 heteroatoms. The predicted octanol–water partition coefficient (Wildman–Crippen LogP) is 1.87. The Morgan fingerprint density at radius 1 is 1.60 bits per heavy atom. The second-order valence-corrected chi connectivity index (χ2v) is 3.08. The first-order valence-electron chi connectivity index (χ1n) is 3.92. The molecule has 1 amide bonds. The molecule has 1 aromatic carbocycles. The maximum Gasteiger partial charge on any atom is 0.259 e.